The number of carbonyl (C=O) groups excluding carboxylic acids is 3. The predicted octanol–water partition coefficient (Wildman–Crippen LogP) is 1.38. The van der Waals surface area contributed by atoms with Crippen LogP contribution in [0.5, 0.6) is 0 Å². The van der Waals surface area contributed by atoms with Crippen molar-refractivity contribution in [3.8, 4) is 0 Å². The van der Waals surface area contributed by atoms with E-state index >= 15 is 0 Å². The molecule has 142 valence electrons. The van der Waals surface area contributed by atoms with Crippen LogP contribution in [-0.4, -0.2) is 50.3 Å². The smallest absolute Gasteiger partial charge is 0.262 e. The van der Waals surface area contributed by atoms with Crippen molar-refractivity contribution >= 4 is 23.4 Å². The molecule has 0 saturated heterocycles. The fraction of sp³-hybridized carbons (Fsp3) is 0.250. The Balaban J connectivity index is 1.27. The molecule has 2 aromatic heterocycles. The second-order valence-corrected chi connectivity index (χ2v) is 6.75. The molecular weight excluding hydrogens is 358 g/mol. The molecule has 8 heteroatoms. The zero-order valence-corrected chi connectivity index (χ0v) is 15.4. The molecule has 0 atom stereocenters. The molecule has 1 aromatic carbocycles. The first-order chi connectivity index (χ1) is 13.5. The van der Waals surface area contributed by atoms with Gasteiger partial charge < -0.3 is 5.32 Å². The standard InChI is InChI=1S/C20H19N5O3/c1-13-9-17-22-10-14(11-25(17)23-13)5-4-8-21-18(26)12-24-19(27)15-6-2-3-7-16(15)20(24)28/h2-3,6-7,9-11H,4-5,8,12H2,1H3,(H,21,26). The maximum Gasteiger partial charge on any atom is 0.262 e. The lowest BCUT2D eigenvalue weighted by Gasteiger charge is -2.13. The van der Waals surface area contributed by atoms with E-state index < -0.39 is 11.8 Å². The highest BCUT2D eigenvalue weighted by molar-refractivity contribution is 6.22. The Labute approximate surface area is 161 Å². The van der Waals surface area contributed by atoms with Crippen LogP contribution in [0.2, 0.25) is 0 Å². The molecule has 1 aliphatic rings. The van der Waals surface area contributed by atoms with Gasteiger partial charge in [0, 0.05) is 25.0 Å². The van der Waals surface area contributed by atoms with Crippen molar-refractivity contribution in [2.75, 3.05) is 13.1 Å². The van der Waals surface area contributed by atoms with Crippen LogP contribution in [0.25, 0.3) is 5.65 Å². The zero-order chi connectivity index (χ0) is 19.7. The third-order valence-electron chi connectivity index (χ3n) is 4.63. The van der Waals surface area contributed by atoms with Crippen molar-refractivity contribution in [1.82, 2.24) is 24.8 Å². The van der Waals surface area contributed by atoms with Crippen molar-refractivity contribution < 1.29 is 14.4 Å². The van der Waals surface area contributed by atoms with E-state index in [1.165, 1.54) is 0 Å². The van der Waals surface area contributed by atoms with Gasteiger partial charge in [-0.2, -0.15) is 5.10 Å². The summed E-state index contributed by atoms with van der Waals surface area (Å²) in [7, 11) is 0. The summed E-state index contributed by atoms with van der Waals surface area (Å²) in [5.74, 6) is -1.21. The van der Waals surface area contributed by atoms with E-state index in [2.05, 4.69) is 15.4 Å². The molecule has 0 bridgehead atoms. The minimum atomic E-state index is -0.426. The number of rotatable bonds is 6. The zero-order valence-electron chi connectivity index (χ0n) is 15.4. The Morgan fingerprint density at radius 2 is 1.86 bits per heavy atom. The van der Waals surface area contributed by atoms with Gasteiger partial charge in [-0.05, 0) is 37.5 Å². The first kappa shape index (κ1) is 17.8. The number of amides is 3. The largest absolute Gasteiger partial charge is 0.355 e. The van der Waals surface area contributed by atoms with Crippen LogP contribution in [0, 0.1) is 6.92 Å². The van der Waals surface area contributed by atoms with Crippen LogP contribution >= 0.6 is 0 Å². The van der Waals surface area contributed by atoms with Crippen molar-refractivity contribution in [2.45, 2.75) is 19.8 Å². The van der Waals surface area contributed by atoms with Crippen molar-refractivity contribution in [1.29, 1.82) is 0 Å². The van der Waals surface area contributed by atoms with Gasteiger partial charge in [-0.15, -0.1) is 0 Å². The number of fused-ring (bicyclic) bond motifs is 2. The second-order valence-electron chi connectivity index (χ2n) is 6.75. The Morgan fingerprint density at radius 3 is 2.57 bits per heavy atom. The van der Waals surface area contributed by atoms with Gasteiger partial charge in [0.25, 0.3) is 11.8 Å². The number of benzene rings is 1. The van der Waals surface area contributed by atoms with E-state index in [1.807, 2.05) is 19.2 Å². The highest BCUT2D eigenvalue weighted by Gasteiger charge is 2.36. The van der Waals surface area contributed by atoms with E-state index in [9.17, 15) is 14.4 Å². The van der Waals surface area contributed by atoms with Crippen LogP contribution in [0.15, 0.2) is 42.7 Å². The minimum Gasteiger partial charge on any atom is -0.355 e. The summed E-state index contributed by atoms with van der Waals surface area (Å²) in [4.78, 5) is 42.0. The molecule has 0 fully saturated rings. The van der Waals surface area contributed by atoms with Gasteiger partial charge in [-0.25, -0.2) is 9.50 Å². The SMILES string of the molecule is Cc1cc2ncc(CCCNC(=O)CN3C(=O)c4ccccc4C3=O)cn2n1. The molecule has 8 nitrogen and oxygen atoms in total. The number of aryl methyl sites for hydroxylation is 2. The lowest BCUT2D eigenvalue weighted by Crippen LogP contribution is -2.40. The van der Waals surface area contributed by atoms with Gasteiger partial charge in [0.05, 0.1) is 16.8 Å². The normalized spacial score (nSPS) is 13.2. The number of nitrogens with zero attached hydrogens (tertiary/aromatic N) is 4. The molecule has 28 heavy (non-hydrogen) atoms. The molecule has 3 amide bonds. The number of nitrogens with one attached hydrogen (secondary N) is 1. The number of carbonyl (C=O) groups is 3. The highest BCUT2D eigenvalue weighted by Crippen LogP contribution is 2.21. The summed E-state index contributed by atoms with van der Waals surface area (Å²) in [5.41, 5.74) is 3.42. The monoisotopic (exact) mass is 377 g/mol. The van der Waals surface area contributed by atoms with Gasteiger partial charge in [-0.1, -0.05) is 12.1 Å². The summed E-state index contributed by atoms with van der Waals surface area (Å²) in [6.07, 6.45) is 5.17. The summed E-state index contributed by atoms with van der Waals surface area (Å²) in [6.45, 7) is 2.09. The topological polar surface area (TPSA) is 96.7 Å². The van der Waals surface area contributed by atoms with Gasteiger partial charge in [0.15, 0.2) is 5.65 Å². The van der Waals surface area contributed by atoms with Crippen molar-refractivity contribution in [3.63, 3.8) is 0 Å². The minimum absolute atomic E-state index is 0.271. The van der Waals surface area contributed by atoms with Gasteiger partial charge in [0.1, 0.15) is 6.54 Å². The van der Waals surface area contributed by atoms with Crippen LogP contribution in [0.3, 0.4) is 0 Å². The van der Waals surface area contributed by atoms with Crippen LogP contribution < -0.4 is 5.32 Å². The van der Waals surface area contributed by atoms with E-state index in [1.54, 1.807) is 35.0 Å². The lowest BCUT2D eigenvalue weighted by atomic mass is 10.1. The molecule has 4 rings (SSSR count). The molecule has 0 aliphatic carbocycles. The van der Waals surface area contributed by atoms with E-state index in [0.717, 1.165) is 28.2 Å². The molecule has 3 aromatic rings. The molecule has 0 saturated carbocycles. The predicted molar refractivity (Wildman–Crippen MR) is 101 cm³/mol. The Morgan fingerprint density at radius 1 is 1.14 bits per heavy atom. The number of imide groups is 1. The third kappa shape index (κ3) is 3.36. The molecular formula is C20H19N5O3. The first-order valence-corrected chi connectivity index (χ1v) is 9.06. The van der Waals surface area contributed by atoms with Crippen molar-refractivity contribution in [3.05, 3.63) is 65.1 Å². The molecule has 1 N–H and O–H groups in total. The van der Waals surface area contributed by atoms with Crippen LogP contribution in [0.4, 0.5) is 0 Å². The molecule has 0 spiro atoms. The van der Waals surface area contributed by atoms with Crippen molar-refractivity contribution in [2.24, 2.45) is 0 Å². The van der Waals surface area contributed by atoms with Crippen LogP contribution in [0.1, 0.15) is 38.4 Å². The quantitative estimate of drug-likeness (QED) is 0.517. The first-order valence-electron chi connectivity index (χ1n) is 9.06. The average molecular weight is 377 g/mol. The maximum absolute atomic E-state index is 12.3. The maximum atomic E-state index is 12.3. The van der Waals surface area contributed by atoms with E-state index in [-0.39, 0.29) is 12.5 Å². The number of hydrogen-bond acceptors (Lipinski definition) is 5. The third-order valence-corrected chi connectivity index (χ3v) is 4.63. The molecule has 3 heterocycles. The van der Waals surface area contributed by atoms with E-state index in [4.69, 9.17) is 0 Å². The summed E-state index contributed by atoms with van der Waals surface area (Å²) >= 11 is 0. The number of hydrogen-bond donors (Lipinski definition) is 1. The number of aromatic nitrogens is 3. The summed E-state index contributed by atoms with van der Waals surface area (Å²) in [6, 6.07) is 8.50. The van der Waals surface area contributed by atoms with Gasteiger partial charge in [-0.3, -0.25) is 19.3 Å². The Bertz CT molecular complexity index is 1050. The van der Waals surface area contributed by atoms with Crippen LogP contribution in [-0.2, 0) is 11.2 Å². The Kier molecular flexibility index (Phi) is 4.60. The molecule has 1 aliphatic heterocycles. The fourth-order valence-corrected chi connectivity index (χ4v) is 3.27. The average Bonchev–Trinajstić information content (AvgIpc) is 3.17. The molecule has 0 radical (unpaired) electrons. The highest BCUT2D eigenvalue weighted by atomic mass is 16.2. The second kappa shape index (κ2) is 7.22. The lowest BCUT2D eigenvalue weighted by molar-refractivity contribution is -0.121. The van der Waals surface area contributed by atoms with Gasteiger partial charge >= 0.3 is 0 Å². The summed E-state index contributed by atoms with van der Waals surface area (Å²) < 4.78 is 1.74. The Hall–Kier alpha value is -3.55. The van der Waals surface area contributed by atoms with E-state index in [0.29, 0.717) is 24.1 Å². The summed E-state index contributed by atoms with van der Waals surface area (Å²) in [5, 5.41) is 7.10. The van der Waals surface area contributed by atoms with Gasteiger partial charge in [0.2, 0.25) is 5.91 Å². The fourth-order valence-electron chi connectivity index (χ4n) is 3.27. The molecule has 0 unspecified atom stereocenters.